The van der Waals surface area contributed by atoms with Gasteiger partial charge in [-0.2, -0.15) is 0 Å². The van der Waals surface area contributed by atoms with Crippen molar-refractivity contribution in [1.82, 2.24) is 20.2 Å². The molecule has 5 rings (SSSR count). The molecule has 144 valence electrons. The molecule has 6 nitrogen and oxygen atoms in total. The van der Waals surface area contributed by atoms with Crippen LogP contribution >= 0.6 is 0 Å². The van der Waals surface area contributed by atoms with Gasteiger partial charge in [0.25, 0.3) is 5.91 Å². The van der Waals surface area contributed by atoms with Gasteiger partial charge in [0.2, 0.25) is 0 Å². The number of carbonyl (C=O) groups is 1. The van der Waals surface area contributed by atoms with Gasteiger partial charge in [0, 0.05) is 48.9 Å². The van der Waals surface area contributed by atoms with Crippen molar-refractivity contribution >= 4 is 16.9 Å². The molecule has 1 atom stereocenters. The van der Waals surface area contributed by atoms with E-state index < -0.39 is 0 Å². The average molecular weight is 376 g/mol. The summed E-state index contributed by atoms with van der Waals surface area (Å²) in [4.78, 5) is 24.7. The van der Waals surface area contributed by atoms with Gasteiger partial charge < -0.3 is 14.6 Å². The summed E-state index contributed by atoms with van der Waals surface area (Å²) < 4.78 is 5.87. The standard InChI is InChI=1S/C22H24N4O2/c1-14-5-6-19-15(10-14)11-20(28-19)22(27)26-9-3-2-4-18(26)21-24-13-16-12-23-8-7-17(16)25-21/h5-6,10-11,13,18,23H,2-4,7-9,12H2,1H3/t18-/m1/s1. The molecular formula is C22H24N4O2. The van der Waals surface area contributed by atoms with E-state index in [0.717, 1.165) is 72.4 Å². The maximum Gasteiger partial charge on any atom is 0.290 e. The summed E-state index contributed by atoms with van der Waals surface area (Å²) >= 11 is 0. The van der Waals surface area contributed by atoms with Crippen LogP contribution in [0.2, 0.25) is 0 Å². The molecular weight excluding hydrogens is 352 g/mol. The molecule has 2 aromatic heterocycles. The van der Waals surface area contributed by atoms with Gasteiger partial charge in [-0.3, -0.25) is 4.79 Å². The second-order valence-corrected chi connectivity index (χ2v) is 7.79. The van der Waals surface area contributed by atoms with Crippen LogP contribution in [0.25, 0.3) is 11.0 Å². The number of aryl methyl sites for hydroxylation is 1. The molecule has 1 N–H and O–H groups in total. The normalized spacial score (nSPS) is 19.6. The fourth-order valence-electron chi connectivity index (χ4n) is 4.26. The van der Waals surface area contributed by atoms with Gasteiger partial charge >= 0.3 is 0 Å². The summed E-state index contributed by atoms with van der Waals surface area (Å²) in [5.74, 6) is 1.09. The Labute approximate surface area is 164 Å². The van der Waals surface area contributed by atoms with Crippen molar-refractivity contribution in [2.45, 2.75) is 45.2 Å². The summed E-state index contributed by atoms with van der Waals surface area (Å²) in [5.41, 5.74) is 4.18. The molecule has 1 saturated heterocycles. The number of fused-ring (bicyclic) bond motifs is 2. The summed E-state index contributed by atoms with van der Waals surface area (Å²) in [7, 11) is 0. The first-order valence-electron chi connectivity index (χ1n) is 10.1. The van der Waals surface area contributed by atoms with E-state index >= 15 is 0 Å². The zero-order chi connectivity index (χ0) is 19.1. The quantitative estimate of drug-likeness (QED) is 0.741. The van der Waals surface area contributed by atoms with E-state index in [2.05, 4.69) is 10.3 Å². The molecule has 0 aliphatic carbocycles. The van der Waals surface area contributed by atoms with Crippen LogP contribution in [0, 0.1) is 6.92 Å². The molecule has 1 aromatic carbocycles. The number of hydrogen-bond donors (Lipinski definition) is 1. The first-order chi connectivity index (χ1) is 13.7. The van der Waals surface area contributed by atoms with Crippen molar-refractivity contribution in [3.8, 4) is 0 Å². The van der Waals surface area contributed by atoms with Crippen molar-refractivity contribution < 1.29 is 9.21 Å². The molecule has 6 heteroatoms. The first-order valence-corrected chi connectivity index (χ1v) is 10.1. The Morgan fingerprint density at radius 2 is 2.21 bits per heavy atom. The van der Waals surface area contributed by atoms with Crippen LogP contribution in [0.15, 0.2) is 34.9 Å². The Morgan fingerprint density at radius 1 is 1.29 bits per heavy atom. The van der Waals surface area contributed by atoms with Crippen LogP contribution in [0.1, 0.15) is 58.5 Å². The summed E-state index contributed by atoms with van der Waals surface area (Å²) in [6, 6.07) is 7.74. The van der Waals surface area contributed by atoms with Crippen LogP contribution in [0.4, 0.5) is 0 Å². The van der Waals surface area contributed by atoms with Crippen LogP contribution < -0.4 is 5.32 Å². The van der Waals surface area contributed by atoms with E-state index in [-0.39, 0.29) is 11.9 Å². The zero-order valence-electron chi connectivity index (χ0n) is 16.1. The number of rotatable bonds is 2. The van der Waals surface area contributed by atoms with Gasteiger partial charge in [0.15, 0.2) is 11.6 Å². The number of carbonyl (C=O) groups excluding carboxylic acids is 1. The van der Waals surface area contributed by atoms with Crippen molar-refractivity contribution in [3.05, 3.63) is 58.9 Å². The third kappa shape index (κ3) is 3.07. The number of likely N-dealkylation sites (tertiary alicyclic amines) is 1. The molecule has 1 amide bonds. The highest BCUT2D eigenvalue weighted by Gasteiger charge is 2.32. The second-order valence-electron chi connectivity index (χ2n) is 7.79. The largest absolute Gasteiger partial charge is 0.451 e. The lowest BCUT2D eigenvalue weighted by Gasteiger charge is -2.34. The highest BCUT2D eigenvalue weighted by Crippen LogP contribution is 2.32. The third-order valence-electron chi connectivity index (χ3n) is 5.77. The Bertz CT molecular complexity index is 1040. The fourth-order valence-corrected chi connectivity index (χ4v) is 4.26. The lowest BCUT2D eigenvalue weighted by atomic mass is 10.00. The van der Waals surface area contributed by atoms with Gasteiger partial charge in [0.1, 0.15) is 5.58 Å². The van der Waals surface area contributed by atoms with Gasteiger partial charge in [-0.25, -0.2) is 9.97 Å². The Hall–Kier alpha value is -2.73. The molecule has 0 spiro atoms. The molecule has 0 saturated carbocycles. The molecule has 2 aliphatic rings. The SMILES string of the molecule is Cc1ccc2oc(C(=O)N3CCCC[C@@H]3c3ncc4c(n3)CCNC4)cc2c1. The van der Waals surface area contributed by atoms with Gasteiger partial charge in [-0.05, 0) is 44.4 Å². The third-order valence-corrected chi connectivity index (χ3v) is 5.77. The Balaban J connectivity index is 1.47. The molecule has 4 heterocycles. The molecule has 2 aliphatic heterocycles. The number of hydrogen-bond acceptors (Lipinski definition) is 5. The van der Waals surface area contributed by atoms with Crippen LogP contribution in [-0.4, -0.2) is 33.9 Å². The van der Waals surface area contributed by atoms with E-state index in [0.29, 0.717) is 12.3 Å². The highest BCUT2D eigenvalue weighted by atomic mass is 16.3. The molecule has 28 heavy (non-hydrogen) atoms. The summed E-state index contributed by atoms with van der Waals surface area (Å²) in [6.45, 7) is 4.51. The van der Waals surface area contributed by atoms with Crippen LogP contribution in [0.3, 0.4) is 0 Å². The van der Waals surface area contributed by atoms with Crippen molar-refractivity contribution in [2.24, 2.45) is 0 Å². The summed E-state index contributed by atoms with van der Waals surface area (Å²) in [6.07, 6.45) is 5.80. The topological polar surface area (TPSA) is 71.3 Å². The lowest BCUT2D eigenvalue weighted by Crippen LogP contribution is -2.39. The molecule has 0 radical (unpaired) electrons. The first kappa shape index (κ1) is 17.4. The van der Waals surface area contributed by atoms with Crippen LogP contribution in [-0.2, 0) is 13.0 Å². The molecule has 1 fully saturated rings. The number of amides is 1. The smallest absolute Gasteiger partial charge is 0.290 e. The number of aromatic nitrogens is 2. The number of nitrogens with one attached hydrogen (secondary N) is 1. The van der Waals surface area contributed by atoms with Gasteiger partial charge in [0.05, 0.1) is 6.04 Å². The number of nitrogens with zero attached hydrogens (tertiary/aromatic N) is 3. The van der Waals surface area contributed by atoms with Gasteiger partial charge in [-0.15, -0.1) is 0 Å². The van der Waals surface area contributed by atoms with Gasteiger partial charge in [-0.1, -0.05) is 11.6 Å². The maximum absolute atomic E-state index is 13.3. The van der Waals surface area contributed by atoms with Crippen molar-refractivity contribution in [1.29, 1.82) is 0 Å². The van der Waals surface area contributed by atoms with Crippen molar-refractivity contribution in [3.63, 3.8) is 0 Å². The number of benzene rings is 1. The minimum Gasteiger partial charge on any atom is -0.451 e. The Kier molecular flexibility index (Phi) is 4.36. The predicted molar refractivity (Wildman–Crippen MR) is 106 cm³/mol. The highest BCUT2D eigenvalue weighted by molar-refractivity contribution is 5.96. The fraction of sp³-hybridized carbons (Fsp3) is 0.409. The minimum atomic E-state index is -0.0867. The Morgan fingerprint density at radius 3 is 3.14 bits per heavy atom. The van der Waals surface area contributed by atoms with E-state index in [9.17, 15) is 4.79 Å². The lowest BCUT2D eigenvalue weighted by molar-refractivity contribution is 0.0569. The van der Waals surface area contributed by atoms with E-state index in [1.165, 1.54) is 0 Å². The monoisotopic (exact) mass is 376 g/mol. The van der Waals surface area contributed by atoms with Crippen LogP contribution in [0.5, 0.6) is 0 Å². The van der Waals surface area contributed by atoms with E-state index in [1.807, 2.05) is 42.3 Å². The van der Waals surface area contributed by atoms with E-state index in [1.54, 1.807) is 0 Å². The molecule has 0 unspecified atom stereocenters. The molecule has 3 aromatic rings. The van der Waals surface area contributed by atoms with Crippen molar-refractivity contribution in [2.75, 3.05) is 13.1 Å². The minimum absolute atomic E-state index is 0.0680. The van der Waals surface area contributed by atoms with E-state index in [4.69, 9.17) is 9.40 Å². The zero-order valence-corrected chi connectivity index (χ0v) is 16.1. The second kappa shape index (κ2) is 7.02. The average Bonchev–Trinajstić information content (AvgIpc) is 3.16. The number of piperidine rings is 1. The maximum atomic E-state index is 13.3. The predicted octanol–water partition coefficient (Wildman–Crippen LogP) is 3.54. The molecule has 0 bridgehead atoms. The summed E-state index contributed by atoms with van der Waals surface area (Å²) in [5, 5.41) is 4.32. The number of furan rings is 1.